The first-order chi connectivity index (χ1) is 15.6. The average molecular weight is 454 g/mol. The molecule has 1 aliphatic heterocycles. The number of methoxy groups -OCH3 is 2. The van der Waals surface area contributed by atoms with E-state index in [1.54, 1.807) is 36.8 Å². The Labute approximate surface area is 191 Å². The first-order valence-corrected chi connectivity index (χ1v) is 11.4. The molecule has 0 bridgehead atoms. The molecule has 0 spiro atoms. The minimum atomic E-state index is -0.227. The largest absolute Gasteiger partial charge is 0.493 e. The summed E-state index contributed by atoms with van der Waals surface area (Å²) in [7, 11) is 3.24. The lowest BCUT2D eigenvalue weighted by molar-refractivity contribution is -0.134. The number of benzene rings is 1. The second kappa shape index (κ2) is 10.0. The maximum absolute atomic E-state index is 13.3. The van der Waals surface area contributed by atoms with E-state index in [-0.39, 0.29) is 18.5 Å². The second-order valence-electron chi connectivity index (χ2n) is 7.49. The maximum Gasteiger partial charge on any atom is 0.257 e. The number of likely N-dealkylation sites (N-methyl/N-ethyl adjacent to an activating group) is 1. The molecule has 2 aromatic heterocycles. The van der Waals surface area contributed by atoms with Gasteiger partial charge in [0.15, 0.2) is 11.5 Å². The second-order valence-corrected chi connectivity index (χ2v) is 8.44. The quantitative estimate of drug-likeness (QED) is 0.475. The van der Waals surface area contributed by atoms with Gasteiger partial charge in [0, 0.05) is 13.0 Å². The Morgan fingerprint density at radius 3 is 2.72 bits per heavy atom. The minimum Gasteiger partial charge on any atom is -0.493 e. The van der Waals surface area contributed by atoms with E-state index in [1.807, 2.05) is 54.8 Å². The summed E-state index contributed by atoms with van der Waals surface area (Å²) >= 11 is 1.63. The molecule has 1 aromatic carbocycles. The number of ether oxygens (including phenoxy) is 2. The van der Waals surface area contributed by atoms with E-state index >= 15 is 0 Å². The topological polar surface area (TPSA) is 67.5 Å². The van der Waals surface area contributed by atoms with Crippen molar-refractivity contribution in [3.63, 3.8) is 0 Å². The Morgan fingerprint density at radius 1 is 1.22 bits per heavy atom. The number of furan rings is 1. The number of carbonyl (C=O) groups is 1. The monoisotopic (exact) mass is 453 g/mol. The summed E-state index contributed by atoms with van der Waals surface area (Å²) < 4.78 is 16.4. The molecule has 0 radical (unpaired) electrons. The highest BCUT2D eigenvalue weighted by Gasteiger charge is 2.35. The third-order valence-corrected chi connectivity index (χ3v) is 6.42. The fourth-order valence-electron chi connectivity index (χ4n) is 3.81. The molecule has 0 N–H and O–H groups in total. The van der Waals surface area contributed by atoms with E-state index in [9.17, 15) is 4.79 Å². The molecule has 1 atom stereocenters. The lowest BCUT2D eigenvalue weighted by Crippen LogP contribution is -2.37. The highest BCUT2D eigenvalue weighted by atomic mass is 32.1. The van der Waals surface area contributed by atoms with Gasteiger partial charge in [-0.3, -0.25) is 9.69 Å². The Bertz CT molecular complexity index is 1060. The number of nitrogens with zero attached hydrogens (tertiary/aromatic N) is 3. The van der Waals surface area contributed by atoms with Gasteiger partial charge in [0.1, 0.15) is 11.8 Å². The predicted octanol–water partition coefficient (Wildman–Crippen LogP) is 4.56. The Kier molecular flexibility index (Phi) is 6.92. The number of amides is 1. The van der Waals surface area contributed by atoms with Gasteiger partial charge in [0.25, 0.3) is 5.91 Å². The number of rotatable bonds is 9. The molecular weight excluding hydrogens is 426 g/mol. The van der Waals surface area contributed by atoms with Crippen LogP contribution < -0.4 is 9.47 Å². The predicted molar refractivity (Wildman–Crippen MR) is 124 cm³/mol. The van der Waals surface area contributed by atoms with E-state index in [2.05, 4.69) is 4.90 Å². The molecule has 3 heterocycles. The van der Waals surface area contributed by atoms with Crippen molar-refractivity contribution in [1.29, 1.82) is 0 Å². The van der Waals surface area contributed by atoms with Crippen LogP contribution in [0.25, 0.3) is 0 Å². The molecule has 168 valence electrons. The lowest BCUT2D eigenvalue weighted by atomic mass is 10.1. The van der Waals surface area contributed by atoms with Crippen LogP contribution in [0.4, 0.5) is 0 Å². The van der Waals surface area contributed by atoms with Crippen LogP contribution in [0.5, 0.6) is 11.5 Å². The zero-order valence-electron chi connectivity index (χ0n) is 18.5. The highest BCUT2D eigenvalue weighted by Crippen LogP contribution is 2.34. The SMILES string of the molecule is CCN(CC(=O)N1N=C(c2cccs2)CC1c1ccco1)Cc1ccc(OC)c(OC)c1. The third kappa shape index (κ3) is 4.71. The smallest absolute Gasteiger partial charge is 0.257 e. The Hall–Kier alpha value is -3.10. The molecule has 0 fully saturated rings. The van der Waals surface area contributed by atoms with Crippen molar-refractivity contribution >= 4 is 23.0 Å². The van der Waals surface area contributed by atoms with E-state index in [4.69, 9.17) is 19.0 Å². The van der Waals surface area contributed by atoms with Crippen molar-refractivity contribution < 1.29 is 18.7 Å². The molecule has 0 saturated carbocycles. The summed E-state index contributed by atoms with van der Waals surface area (Å²) in [4.78, 5) is 16.5. The molecule has 1 amide bonds. The fraction of sp³-hybridized carbons (Fsp3) is 0.333. The van der Waals surface area contributed by atoms with Crippen LogP contribution >= 0.6 is 11.3 Å². The van der Waals surface area contributed by atoms with Crippen LogP contribution in [0.15, 0.2) is 63.6 Å². The molecule has 0 saturated heterocycles. The van der Waals surface area contributed by atoms with Gasteiger partial charge in [0.2, 0.25) is 0 Å². The van der Waals surface area contributed by atoms with E-state index in [0.29, 0.717) is 24.5 Å². The summed E-state index contributed by atoms with van der Waals surface area (Å²) in [6, 6.07) is 13.4. The minimum absolute atomic E-state index is 0.0553. The normalized spacial score (nSPS) is 15.8. The molecule has 32 heavy (non-hydrogen) atoms. The van der Waals surface area contributed by atoms with Gasteiger partial charge >= 0.3 is 0 Å². The number of thiophene rings is 1. The van der Waals surface area contributed by atoms with Crippen LogP contribution in [-0.2, 0) is 11.3 Å². The van der Waals surface area contributed by atoms with Crippen molar-refractivity contribution in [2.75, 3.05) is 27.3 Å². The fourth-order valence-corrected chi connectivity index (χ4v) is 4.54. The van der Waals surface area contributed by atoms with Crippen LogP contribution in [0.1, 0.15) is 35.6 Å². The molecule has 3 aromatic rings. The van der Waals surface area contributed by atoms with Gasteiger partial charge in [-0.25, -0.2) is 5.01 Å². The summed E-state index contributed by atoms with van der Waals surface area (Å²) in [5.41, 5.74) is 1.96. The molecular formula is C24H27N3O4S. The van der Waals surface area contributed by atoms with Crippen molar-refractivity contribution in [3.05, 3.63) is 70.3 Å². The first kappa shape index (κ1) is 22.1. The van der Waals surface area contributed by atoms with Gasteiger partial charge in [-0.15, -0.1) is 11.3 Å². The van der Waals surface area contributed by atoms with Crippen molar-refractivity contribution in [1.82, 2.24) is 9.91 Å². The van der Waals surface area contributed by atoms with Gasteiger partial charge in [0.05, 0.1) is 37.6 Å². The number of hydrazone groups is 1. The maximum atomic E-state index is 13.3. The first-order valence-electron chi connectivity index (χ1n) is 10.5. The highest BCUT2D eigenvalue weighted by molar-refractivity contribution is 7.12. The van der Waals surface area contributed by atoms with E-state index in [0.717, 1.165) is 28.5 Å². The van der Waals surface area contributed by atoms with Crippen molar-refractivity contribution in [2.45, 2.75) is 25.9 Å². The third-order valence-electron chi connectivity index (χ3n) is 5.50. The van der Waals surface area contributed by atoms with Gasteiger partial charge in [-0.1, -0.05) is 19.1 Å². The van der Waals surface area contributed by atoms with Gasteiger partial charge in [-0.05, 0) is 47.8 Å². The Balaban J connectivity index is 1.51. The van der Waals surface area contributed by atoms with Gasteiger partial charge in [-0.2, -0.15) is 5.10 Å². The van der Waals surface area contributed by atoms with Crippen molar-refractivity contribution in [2.24, 2.45) is 5.10 Å². The molecule has 0 aliphatic carbocycles. The molecule has 4 rings (SSSR count). The number of carbonyl (C=O) groups excluding carboxylic acids is 1. The molecule has 1 unspecified atom stereocenters. The summed E-state index contributed by atoms with van der Waals surface area (Å²) in [6.45, 7) is 3.63. The number of hydrogen-bond donors (Lipinski definition) is 0. The van der Waals surface area contributed by atoms with Crippen LogP contribution in [-0.4, -0.2) is 48.8 Å². The molecule has 8 heteroatoms. The average Bonchev–Trinajstić information content (AvgIpc) is 3.58. The summed E-state index contributed by atoms with van der Waals surface area (Å²) in [6.07, 6.45) is 2.28. The van der Waals surface area contributed by atoms with Crippen LogP contribution in [0.2, 0.25) is 0 Å². The van der Waals surface area contributed by atoms with Crippen LogP contribution in [0.3, 0.4) is 0 Å². The van der Waals surface area contributed by atoms with Crippen molar-refractivity contribution in [3.8, 4) is 11.5 Å². The standard InChI is InChI=1S/C24H27N3O4S/c1-4-26(15-17-9-10-21(29-2)22(13-17)30-3)16-24(28)27-19(20-7-5-11-31-20)14-18(25-27)23-8-6-12-32-23/h5-13,19H,4,14-16H2,1-3H3. The zero-order valence-corrected chi connectivity index (χ0v) is 19.3. The van der Waals surface area contributed by atoms with E-state index in [1.165, 1.54) is 0 Å². The molecule has 1 aliphatic rings. The van der Waals surface area contributed by atoms with Gasteiger partial charge < -0.3 is 13.9 Å². The summed E-state index contributed by atoms with van der Waals surface area (Å²) in [5, 5.41) is 8.31. The zero-order chi connectivity index (χ0) is 22.5. The summed E-state index contributed by atoms with van der Waals surface area (Å²) in [5.74, 6) is 2.05. The van der Waals surface area contributed by atoms with Crippen LogP contribution in [0, 0.1) is 0 Å². The lowest BCUT2D eigenvalue weighted by Gasteiger charge is -2.25. The molecule has 7 nitrogen and oxygen atoms in total. The Morgan fingerprint density at radius 2 is 2.06 bits per heavy atom. The van der Waals surface area contributed by atoms with E-state index < -0.39 is 0 Å². The number of hydrogen-bond acceptors (Lipinski definition) is 7.